The third-order valence-electron chi connectivity index (χ3n) is 0.465. The second-order valence-electron chi connectivity index (χ2n) is 1.22. The standard InChI is InChI=1S/C5H8N2.Y/c1-5(6)3-4-7-2;/h3-4H,1-2H3;/q-2;/b4-3-;. The van der Waals surface area contributed by atoms with E-state index in [0.717, 1.165) is 0 Å². The zero-order valence-electron chi connectivity index (χ0n) is 5.13. The smallest absolute Gasteiger partial charge is 0 e. The molecule has 43 valence electrons. The van der Waals surface area contributed by atoms with Crippen molar-refractivity contribution < 1.29 is 32.7 Å². The molecule has 0 N–H and O–H groups in total. The fraction of sp³-hybridized carbons (Fsp3) is 0.400. The summed E-state index contributed by atoms with van der Waals surface area (Å²) < 4.78 is 0. The van der Waals surface area contributed by atoms with E-state index in [9.17, 15) is 0 Å². The molecule has 0 unspecified atom stereocenters. The molecule has 0 aromatic rings. The minimum Gasteiger partial charge on any atom is -0.808 e. The van der Waals surface area contributed by atoms with Crippen LogP contribution >= 0.6 is 0 Å². The first kappa shape index (κ1) is 11.2. The van der Waals surface area contributed by atoms with Gasteiger partial charge in [-0.05, 0) is 0 Å². The van der Waals surface area contributed by atoms with Crippen LogP contribution in [0.15, 0.2) is 12.3 Å². The second kappa shape index (κ2) is 7.31. The van der Waals surface area contributed by atoms with Gasteiger partial charge in [0.15, 0.2) is 0 Å². The number of hydrogen-bond acceptors (Lipinski definition) is 0. The summed E-state index contributed by atoms with van der Waals surface area (Å²) in [4.78, 5) is 0. The Morgan fingerprint density at radius 3 is 2.25 bits per heavy atom. The molecule has 0 aromatic heterocycles. The molecule has 0 aliphatic heterocycles. The molecule has 0 amide bonds. The van der Waals surface area contributed by atoms with Crippen molar-refractivity contribution in [2.75, 3.05) is 7.05 Å². The summed E-state index contributed by atoms with van der Waals surface area (Å²) in [6.45, 7) is 1.60. The molecular formula is C5H8N2Y-2. The maximum atomic E-state index is 8.45. The Labute approximate surface area is 75.1 Å². The summed E-state index contributed by atoms with van der Waals surface area (Å²) in [5, 5.41) is 12.1. The predicted octanol–water partition coefficient (Wildman–Crippen LogP) is 1.53. The SMILES string of the molecule is C[N-]/C=C\C(C)=[N-].[Y]. The number of nitrogens with zero attached hydrogens (tertiary/aromatic N) is 2. The van der Waals surface area contributed by atoms with Crippen LogP contribution < -0.4 is 0 Å². The van der Waals surface area contributed by atoms with E-state index in [4.69, 9.17) is 5.41 Å². The van der Waals surface area contributed by atoms with Crippen molar-refractivity contribution in [3.05, 3.63) is 23.0 Å². The maximum absolute atomic E-state index is 8.45. The Bertz CT molecular complexity index is 88.4. The first-order chi connectivity index (χ1) is 3.27. The van der Waals surface area contributed by atoms with Gasteiger partial charge in [0.2, 0.25) is 0 Å². The zero-order chi connectivity index (χ0) is 5.70. The second-order valence-corrected chi connectivity index (χ2v) is 1.22. The van der Waals surface area contributed by atoms with E-state index in [1.54, 1.807) is 14.0 Å². The van der Waals surface area contributed by atoms with E-state index in [0.29, 0.717) is 0 Å². The van der Waals surface area contributed by atoms with Crippen LogP contribution in [0.5, 0.6) is 0 Å². The first-order valence-electron chi connectivity index (χ1n) is 2.05. The molecule has 0 aromatic carbocycles. The molecule has 3 heteroatoms. The zero-order valence-corrected chi connectivity index (χ0v) is 7.96. The van der Waals surface area contributed by atoms with Gasteiger partial charge in [0.25, 0.3) is 0 Å². The summed E-state index contributed by atoms with van der Waals surface area (Å²) >= 11 is 0. The van der Waals surface area contributed by atoms with E-state index >= 15 is 0 Å². The van der Waals surface area contributed by atoms with Crippen molar-refractivity contribution in [2.45, 2.75) is 6.92 Å². The van der Waals surface area contributed by atoms with Gasteiger partial charge in [0, 0.05) is 32.7 Å². The van der Waals surface area contributed by atoms with Gasteiger partial charge in [-0.3, -0.25) is 0 Å². The van der Waals surface area contributed by atoms with Gasteiger partial charge >= 0.3 is 0 Å². The van der Waals surface area contributed by atoms with Crippen molar-refractivity contribution in [1.82, 2.24) is 0 Å². The summed E-state index contributed by atoms with van der Waals surface area (Å²) in [5.74, 6) is 0. The third kappa shape index (κ3) is 9.58. The van der Waals surface area contributed by atoms with E-state index in [1.807, 2.05) is 0 Å². The van der Waals surface area contributed by atoms with Crippen molar-refractivity contribution >= 4 is 5.71 Å². The number of rotatable bonds is 2. The van der Waals surface area contributed by atoms with Gasteiger partial charge in [0.1, 0.15) is 0 Å². The van der Waals surface area contributed by atoms with Crippen LogP contribution in [0.4, 0.5) is 0 Å². The van der Waals surface area contributed by atoms with E-state index in [1.165, 1.54) is 12.3 Å². The molecular weight excluding hydrogens is 177 g/mol. The van der Waals surface area contributed by atoms with Gasteiger partial charge in [-0.2, -0.15) is 11.9 Å². The predicted molar refractivity (Wildman–Crippen MR) is 32.5 cm³/mol. The Balaban J connectivity index is 0. The summed E-state index contributed by atoms with van der Waals surface area (Å²) in [5.41, 5.74) is 0.283. The Kier molecular flexibility index (Phi) is 10.2. The Morgan fingerprint density at radius 1 is 1.62 bits per heavy atom. The minimum absolute atomic E-state index is 0. The van der Waals surface area contributed by atoms with Crippen LogP contribution in [0, 0.1) is 0 Å². The normalized spacial score (nSPS) is 8.25. The van der Waals surface area contributed by atoms with Crippen molar-refractivity contribution in [3.8, 4) is 0 Å². The van der Waals surface area contributed by atoms with E-state index in [-0.39, 0.29) is 38.4 Å². The number of hydrogen-bond donors (Lipinski definition) is 0. The molecule has 2 nitrogen and oxygen atoms in total. The van der Waals surface area contributed by atoms with Gasteiger partial charge < -0.3 is 10.7 Å². The van der Waals surface area contributed by atoms with Crippen molar-refractivity contribution in [2.24, 2.45) is 0 Å². The van der Waals surface area contributed by atoms with Crippen LogP contribution in [0.2, 0.25) is 0 Å². The molecule has 0 aliphatic rings. The van der Waals surface area contributed by atoms with E-state index < -0.39 is 0 Å². The van der Waals surface area contributed by atoms with E-state index in [2.05, 4.69) is 5.32 Å². The fourth-order valence-corrected chi connectivity index (χ4v) is 0.182. The van der Waals surface area contributed by atoms with Crippen LogP contribution in [-0.4, -0.2) is 12.8 Å². The molecule has 0 saturated carbocycles. The van der Waals surface area contributed by atoms with Crippen LogP contribution in [0.3, 0.4) is 0 Å². The van der Waals surface area contributed by atoms with Crippen LogP contribution in [0.25, 0.3) is 10.7 Å². The Morgan fingerprint density at radius 2 is 2.12 bits per heavy atom. The fourth-order valence-electron chi connectivity index (χ4n) is 0.182. The van der Waals surface area contributed by atoms with Gasteiger partial charge in [-0.25, -0.2) is 0 Å². The monoisotopic (exact) mass is 185 g/mol. The average molecular weight is 185 g/mol. The summed E-state index contributed by atoms with van der Waals surface area (Å²) in [7, 11) is 1.65. The average Bonchev–Trinajstić information content (AvgIpc) is 1.61. The van der Waals surface area contributed by atoms with Crippen LogP contribution in [0.1, 0.15) is 6.92 Å². The quantitative estimate of drug-likeness (QED) is 0.585. The third-order valence-corrected chi connectivity index (χ3v) is 0.465. The summed E-state index contributed by atoms with van der Waals surface area (Å²) in [6, 6.07) is 0. The molecule has 0 bridgehead atoms. The van der Waals surface area contributed by atoms with Gasteiger partial charge in [0.05, 0.1) is 0 Å². The van der Waals surface area contributed by atoms with Crippen LogP contribution in [-0.2, 0) is 32.7 Å². The summed E-state index contributed by atoms with van der Waals surface area (Å²) in [6.07, 6.45) is 3.06. The topological polar surface area (TPSA) is 36.4 Å². The molecule has 0 heterocycles. The molecule has 0 fully saturated rings. The Hall–Kier alpha value is 0.314. The minimum atomic E-state index is 0. The number of allylic oxidation sites excluding steroid dienone is 1. The van der Waals surface area contributed by atoms with Gasteiger partial charge in [-0.15, -0.1) is 13.1 Å². The van der Waals surface area contributed by atoms with Crippen molar-refractivity contribution in [1.29, 1.82) is 0 Å². The van der Waals surface area contributed by atoms with Gasteiger partial charge in [-0.1, -0.05) is 6.92 Å². The first-order valence-corrected chi connectivity index (χ1v) is 2.05. The maximum Gasteiger partial charge on any atom is 0 e. The molecule has 1 radical (unpaired) electrons. The van der Waals surface area contributed by atoms with Crippen molar-refractivity contribution in [3.63, 3.8) is 0 Å². The molecule has 0 aliphatic carbocycles. The molecule has 0 atom stereocenters. The molecule has 0 spiro atoms. The largest absolute Gasteiger partial charge is 0.808 e. The molecule has 0 rings (SSSR count). The molecule has 0 saturated heterocycles. The molecule has 8 heavy (non-hydrogen) atoms.